The van der Waals surface area contributed by atoms with Gasteiger partial charge in [-0.3, -0.25) is 19.7 Å². The molecule has 11 heteroatoms. The highest BCUT2D eigenvalue weighted by Crippen LogP contribution is 2.29. The monoisotopic (exact) mass is 406 g/mol. The molecule has 0 aliphatic rings. The number of rotatable bonds is 4. The number of fused-ring (bicyclic) bond motifs is 1. The van der Waals surface area contributed by atoms with Crippen LogP contribution in [-0.2, 0) is 4.74 Å². The second-order valence-corrected chi connectivity index (χ2v) is 7.18. The quantitative estimate of drug-likeness (QED) is 0.610. The Morgan fingerprint density at radius 2 is 2.07 bits per heavy atom. The van der Waals surface area contributed by atoms with E-state index < -0.39 is 17.9 Å². The Morgan fingerprint density at radius 3 is 2.78 bits per heavy atom. The number of amides is 3. The lowest BCUT2D eigenvalue weighted by molar-refractivity contribution is 0.0926. The maximum absolute atomic E-state index is 12.7. The van der Waals surface area contributed by atoms with Gasteiger partial charge in [0.05, 0.1) is 28.8 Å². The normalized spacial score (nSPS) is 10.6. The molecule has 0 saturated carbocycles. The van der Waals surface area contributed by atoms with Crippen molar-refractivity contribution in [3.05, 3.63) is 44.1 Å². The molecule has 0 unspecified atom stereocenters. The first-order valence-corrected chi connectivity index (χ1v) is 9.45. The summed E-state index contributed by atoms with van der Waals surface area (Å²) in [4.78, 5) is 55.5. The first-order valence-electron chi connectivity index (χ1n) is 7.76. The summed E-state index contributed by atoms with van der Waals surface area (Å²) in [6.07, 6.45) is 0.413. The lowest BCUT2D eigenvalue weighted by Gasteiger charge is -2.06. The maximum atomic E-state index is 12.7. The van der Waals surface area contributed by atoms with Crippen molar-refractivity contribution in [3.8, 4) is 0 Å². The summed E-state index contributed by atoms with van der Waals surface area (Å²) in [5, 5.41) is 6.98. The number of ether oxygens (including phenoxy) is 1. The molecule has 0 atom stereocenters. The molecule has 3 heterocycles. The number of imide groups is 1. The average Bonchev–Trinajstić information content (AvgIpc) is 3.20. The van der Waals surface area contributed by atoms with Crippen LogP contribution in [0.5, 0.6) is 0 Å². The summed E-state index contributed by atoms with van der Waals surface area (Å²) in [5.74, 6) is -1.15. The number of nitrogens with zero attached hydrogens (tertiary/aromatic N) is 1. The van der Waals surface area contributed by atoms with Gasteiger partial charge in [-0.05, 0) is 30.9 Å². The molecular formula is C16H14N4O5S2. The zero-order valence-corrected chi connectivity index (χ0v) is 15.9. The Morgan fingerprint density at radius 1 is 1.30 bits per heavy atom. The molecule has 0 aromatic carbocycles. The highest BCUT2D eigenvalue weighted by atomic mass is 32.1. The highest BCUT2D eigenvalue weighted by Gasteiger charge is 2.22. The van der Waals surface area contributed by atoms with Crippen LogP contribution in [0.2, 0.25) is 0 Å². The zero-order chi connectivity index (χ0) is 19.6. The molecule has 3 aromatic heterocycles. The minimum Gasteiger partial charge on any atom is -0.450 e. The Labute approximate surface area is 160 Å². The van der Waals surface area contributed by atoms with Gasteiger partial charge in [-0.1, -0.05) is 0 Å². The predicted octanol–water partition coefficient (Wildman–Crippen LogP) is 2.49. The zero-order valence-electron chi connectivity index (χ0n) is 14.2. The number of aryl methyl sites for hydroxylation is 1. The van der Waals surface area contributed by atoms with Gasteiger partial charge < -0.3 is 15.0 Å². The second-order valence-electron chi connectivity index (χ2n) is 5.26. The Bertz CT molecular complexity index is 1100. The fourth-order valence-electron chi connectivity index (χ4n) is 2.37. The Balaban J connectivity index is 1.84. The number of carbonyl (C=O) groups is 3. The molecule has 3 N–H and O–H groups in total. The summed E-state index contributed by atoms with van der Waals surface area (Å²) in [7, 11) is 0. The van der Waals surface area contributed by atoms with Crippen LogP contribution in [-0.4, -0.2) is 34.5 Å². The smallest absolute Gasteiger partial charge is 0.414 e. The van der Waals surface area contributed by atoms with Gasteiger partial charge in [0.15, 0.2) is 0 Å². The lowest BCUT2D eigenvalue weighted by atomic mass is 10.2. The first kappa shape index (κ1) is 18.7. The van der Waals surface area contributed by atoms with Gasteiger partial charge in [-0.2, -0.15) is 0 Å². The van der Waals surface area contributed by atoms with Crippen LogP contribution in [0.3, 0.4) is 0 Å². The van der Waals surface area contributed by atoms with E-state index in [0.29, 0.717) is 20.7 Å². The predicted molar refractivity (Wildman–Crippen MR) is 102 cm³/mol. The molecule has 0 saturated heterocycles. The minimum atomic E-state index is -0.864. The number of H-pyrrole nitrogens is 1. The van der Waals surface area contributed by atoms with E-state index in [1.165, 1.54) is 12.4 Å². The molecule has 140 valence electrons. The number of aromatic amines is 1. The standard InChI is InChI=1S/C16H14N4O5S2/c1-3-25-16(24)20-11(21)8-4-5-26-14(8)19-13(23)10-7(2)9-12(22)17-6-18-15(9)27-10/h4-6H,3H2,1-2H3,(H,19,23)(H,17,18,22)(H,20,21,24). The van der Waals surface area contributed by atoms with Crippen molar-refractivity contribution in [1.82, 2.24) is 15.3 Å². The van der Waals surface area contributed by atoms with Crippen LogP contribution < -0.4 is 16.2 Å². The van der Waals surface area contributed by atoms with Crippen LogP contribution >= 0.6 is 22.7 Å². The third-order valence-corrected chi connectivity index (χ3v) is 5.60. The van der Waals surface area contributed by atoms with Gasteiger partial charge in [0.1, 0.15) is 9.83 Å². The molecule has 0 radical (unpaired) electrons. The fourth-order valence-corrected chi connectivity index (χ4v) is 4.19. The summed E-state index contributed by atoms with van der Waals surface area (Å²) < 4.78 is 4.67. The minimum absolute atomic E-state index is 0.130. The van der Waals surface area contributed by atoms with Crippen LogP contribution in [0.4, 0.5) is 9.80 Å². The number of hydrogen-bond donors (Lipinski definition) is 3. The molecular weight excluding hydrogens is 392 g/mol. The highest BCUT2D eigenvalue weighted by molar-refractivity contribution is 7.21. The maximum Gasteiger partial charge on any atom is 0.414 e. The van der Waals surface area contributed by atoms with E-state index in [1.807, 2.05) is 0 Å². The number of nitrogens with one attached hydrogen (secondary N) is 3. The topological polar surface area (TPSA) is 130 Å². The molecule has 9 nitrogen and oxygen atoms in total. The molecule has 3 rings (SSSR count). The van der Waals surface area contributed by atoms with Crippen LogP contribution in [0.15, 0.2) is 22.6 Å². The van der Waals surface area contributed by atoms with Crippen molar-refractivity contribution >= 4 is 55.8 Å². The number of thiophene rings is 2. The third-order valence-electron chi connectivity index (χ3n) is 3.57. The summed E-state index contributed by atoms with van der Waals surface area (Å²) in [5.41, 5.74) is 0.325. The molecule has 27 heavy (non-hydrogen) atoms. The van der Waals surface area contributed by atoms with Crippen molar-refractivity contribution in [1.29, 1.82) is 0 Å². The van der Waals surface area contributed by atoms with E-state index in [1.54, 1.807) is 19.2 Å². The van der Waals surface area contributed by atoms with Gasteiger partial charge in [0.2, 0.25) is 0 Å². The van der Waals surface area contributed by atoms with Gasteiger partial charge in [0, 0.05) is 0 Å². The molecule has 0 spiro atoms. The van der Waals surface area contributed by atoms with E-state index >= 15 is 0 Å². The van der Waals surface area contributed by atoms with Crippen molar-refractivity contribution in [2.45, 2.75) is 13.8 Å². The van der Waals surface area contributed by atoms with E-state index in [-0.39, 0.29) is 22.7 Å². The van der Waals surface area contributed by atoms with Crippen LogP contribution in [0.1, 0.15) is 32.5 Å². The van der Waals surface area contributed by atoms with Crippen molar-refractivity contribution in [2.75, 3.05) is 11.9 Å². The molecule has 3 amide bonds. The molecule has 0 bridgehead atoms. The number of aromatic nitrogens is 2. The lowest BCUT2D eigenvalue weighted by Crippen LogP contribution is -2.31. The average molecular weight is 406 g/mol. The Hall–Kier alpha value is -3.05. The Kier molecular flexibility index (Phi) is 5.33. The van der Waals surface area contributed by atoms with Crippen LogP contribution in [0.25, 0.3) is 10.2 Å². The molecule has 0 aliphatic carbocycles. The third kappa shape index (κ3) is 3.73. The van der Waals surface area contributed by atoms with Gasteiger partial charge in [0.25, 0.3) is 17.4 Å². The van der Waals surface area contributed by atoms with Crippen molar-refractivity contribution in [3.63, 3.8) is 0 Å². The van der Waals surface area contributed by atoms with Crippen molar-refractivity contribution < 1.29 is 19.1 Å². The molecule has 3 aromatic rings. The second kappa shape index (κ2) is 7.68. The van der Waals surface area contributed by atoms with Gasteiger partial charge in [-0.25, -0.2) is 9.78 Å². The van der Waals surface area contributed by atoms with Gasteiger partial charge in [-0.15, -0.1) is 22.7 Å². The fraction of sp³-hybridized carbons (Fsp3) is 0.188. The number of carbonyl (C=O) groups excluding carboxylic acids is 3. The number of alkyl carbamates (subject to hydrolysis) is 1. The van der Waals surface area contributed by atoms with E-state index in [2.05, 4.69) is 25.3 Å². The summed E-state index contributed by atoms with van der Waals surface area (Å²) in [6, 6.07) is 1.49. The van der Waals surface area contributed by atoms with E-state index in [9.17, 15) is 19.2 Å². The van der Waals surface area contributed by atoms with E-state index in [0.717, 1.165) is 22.7 Å². The first-order chi connectivity index (χ1) is 12.9. The van der Waals surface area contributed by atoms with Gasteiger partial charge >= 0.3 is 6.09 Å². The van der Waals surface area contributed by atoms with E-state index in [4.69, 9.17) is 0 Å². The van der Waals surface area contributed by atoms with Crippen LogP contribution in [0, 0.1) is 6.92 Å². The molecule has 0 fully saturated rings. The SMILES string of the molecule is CCOC(=O)NC(=O)c1ccsc1NC(=O)c1sc2nc[nH]c(=O)c2c1C. The molecule has 0 aliphatic heterocycles. The summed E-state index contributed by atoms with van der Waals surface area (Å²) in [6.45, 7) is 3.41. The number of anilines is 1. The van der Waals surface area contributed by atoms with Crippen molar-refractivity contribution in [2.24, 2.45) is 0 Å². The largest absolute Gasteiger partial charge is 0.450 e. The summed E-state index contributed by atoms with van der Waals surface area (Å²) >= 11 is 2.22. The number of hydrogen-bond acceptors (Lipinski definition) is 8.